The lowest BCUT2D eigenvalue weighted by Gasteiger charge is -2.40. The number of nitrogens with zero attached hydrogens (tertiary/aromatic N) is 1. The van der Waals surface area contributed by atoms with Crippen LogP contribution >= 0.6 is 0 Å². The molecular weight excluding hydrogens is 290 g/mol. The molecule has 1 N–H and O–H groups in total. The summed E-state index contributed by atoms with van der Waals surface area (Å²) in [6, 6.07) is 6.94. The normalized spacial score (nSPS) is 21.2. The van der Waals surface area contributed by atoms with Crippen LogP contribution in [0.1, 0.15) is 61.9 Å². The van der Waals surface area contributed by atoms with Crippen LogP contribution < -0.4 is 0 Å². The second-order valence-electron chi connectivity index (χ2n) is 6.94. The summed E-state index contributed by atoms with van der Waals surface area (Å²) in [5.74, 6) is -0.784. The number of aromatic carboxylic acids is 1. The van der Waals surface area contributed by atoms with Crippen molar-refractivity contribution in [2.45, 2.75) is 52.4 Å². The van der Waals surface area contributed by atoms with Gasteiger partial charge in [0.2, 0.25) is 5.91 Å². The van der Waals surface area contributed by atoms with Gasteiger partial charge in [0.05, 0.1) is 5.56 Å². The average Bonchev–Trinajstić information content (AvgIpc) is 2.52. The van der Waals surface area contributed by atoms with E-state index in [1.807, 2.05) is 11.0 Å². The predicted octanol–water partition coefficient (Wildman–Crippen LogP) is 3.75. The Morgan fingerprint density at radius 1 is 1.30 bits per heavy atom. The zero-order valence-electron chi connectivity index (χ0n) is 14.2. The molecule has 0 aromatic heterocycles. The van der Waals surface area contributed by atoms with Gasteiger partial charge in [-0.3, -0.25) is 4.79 Å². The molecule has 1 saturated heterocycles. The molecule has 4 nitrogen and oxygen atoms in total. The van der Waals surface area contributed by atoms with Gasteiger partial charge in [0.15, 0.2) is 0 Å². The molecule has 1 unspecified atom stereocenters. The molecule has 2 rings (SSSR count). The number of benzene rings is 1. The van der Waals surface area contributed by atoms with Crippen molar-refractivity contribution in [1.82, 2.24) is 4.90 Å². The molecule has 1 aromatic rings. The summed E-state index contributed by atoms with van der Waals surface area (Å²) in [6.45, 7) is 6.13. The second-order valence-corrected chi connectivity index (χ2v) is 6.94. The van der Waals surface area contributed by atoms with Crippen molar-refractivity contribution in [3.8, 4) is 0 Å². The summed E-state index contributed by atoms with van der Waals surface area (Å²) in [5, 5.41) is 9.21. The minimum absolute atomic E-state index is 0.146. The molecular formula is C19H27NO3. The number of carbonyl (C=O) groups excluding carboxylic acids is 1. The molecule has 1 amide bonds. The molecule has 1 fully saturated rings. The van der Waals surface area contributed by atoms with Crippen molar-refractivity contribution < 1.29 is 14.7 Å². The van der Waals surface area contributed by atoms with E-state index < -0.39 is 5.97 Å². The van der Waals surface area contributed by atoms with Gasteiger partial charge in [-0.2, -0.15) is 0 Å². The van der Waals surface area contributed by atoms with Gasteiger partial charge in [-0.1, -0.05) is 38.5 Å². The fraction of sp³-hybridized carbons (Fsp3) is 0.579. The van der Waals surface area contributed by atoms with E-state index in [1.54, 1.807) is 18.2 Å². The molecule has 1 aliphatic rings. The lowest BCUT2D eigenvalue weighted by atomic mass is 9.78. The van der Waals surface area contributed by atoms with E-state index >= 15 is 0 Å². The summed E-state index contributed by atoms with van der Waals surface area (Å²) in [5.41, 5.74) is 1.28. The summed E-state index contributed by atoms with van der Waals surface area (Å²) < 4.78 is 0. The fourth-order valence-corrected chi connectivity index (χ4v) is 3.68. The van der Waals surface area contributed by atoms with Gasteiger partial charge in [0.25, 0.3) is 0 Å². The molecule has 0 aliphatic carbocycles. The van der Waals surface area contributed by atoms with Crippen LogP contribution in [0.25, 0.3) is 0 Å². The van der Waals surface area contributed by atoms with E-state index in [0.29, 0.717) is 18.4 Å². The number of hydrogen-bond acceptors (Lipinski definition) is 2. The average molecular weight is 317 g/mol. The van der Waals surface area contributed by atoms with Crippen molar-refractivity contribution in [2.24, 2.45) is 5.41 Å². The standard InChI is InChI=1S/C19H27NO3/c1-3-11-19(2)12-6-13-20(14-19)17(21)10-9-15-7-4-5-8-16(15)18(22)23/h4-5,7-8H,3,6,9-14H2,1-2H3,(H,22,23). The van der Waals surface area contributed by atoms with E-state index in [-0.39, 0.29) is 11.3 Å². The lowest BCUT2D eigenvalue weighted by Crippen LogP contribution is -2.44. The smallest absolute Gasteiger partial charge is 0.335 e. The quantitative estimate of drug-likeness (QED) is 0.869. The first-order valence-corrected chi connectivity index (χ1v) is 8.54. The predicted molar refractivity (Wildman–Crippen MR) is 90.6 cm³/mol. The first kappa shape index (κ1) is 17.5. The van der Waals surface area contributed by atoms with Crippen molar-refractivity contribution in [3.05, 3.63) is 35.4 Å². The van der Waals surface area contributed by atoms with Crippen LogP contribution in [-0.4, -0.2) is 35.0 Å². The maximum Gasteiger partial charge on any atom is 0.335 e. The molecule has 126 valence electrons. The SMILES string of the molecule is CCCC1(C)CCCN(C(=O)CCc2ccccc2C(=O)O)C1. The highest BCUT2D eigenvalue weighted by molar-refractivity contribution is 5.89. The van der Waals surface area contributed by atoms with Crippen LogP contribution in [0.5, 0.6) is 0 Å². The van der Waals surface area contributed by atoms with E-state index in [9.17, 15) is 14.7 Å². The Hall–Kier alpha value is -1.84. The number of carboxylic acids is 1. The molecule has 0 bridgehead atoms. The van der Waals surface area contributed by atoms with E-state index in [0.717, 1.165) is 37.9 Å². The molecule has 0 saturated carbocycles. The Morgan fingerprint density at radius 2 is 2.04 bits per heavy atom. The van der Waals surface area contributed by atoms with Gasteiger partial charge >= 0.3 is 5.97 Å². The highest BCUT2D eigenvalue weighted by Crippen LogP contribution is 2.34. The second kappa shape index (κ2) is 7.62. The molecule has 1 heterocycles. The first-order valence-electron chi connectivity index (χ1n) is 8.54. The molecule has 1 aromatic carbocycles. The van der Waals surface area contributed by atoms with E-state index in [2.05, 4.69) is 13.8 Å². The van der Waals surface area contributed by atoms with Crippen LogP contribution in [0, 0.1) is 5.41 Å². The monoisotopic (exact) mass is 317 g/mol. The number of aryl methyl sites for hydroxylation is 1. The number of rotatable bonds is 6. The van der Waals surface area contributed by atoms with Gasteiger partial charge in [0.1, 0.15) is 0 Å². The Bertz CT molecular complexity index is 565. The van der Waals surface area contributed by atoms with Crippen LogP contribution in [0.2, 0.25) is 0 Å². The highest BCUT2D eigenvalue weighted by atomic mass is 16.4. The first-order chi connectivity index (χ1) is 10.9. The maximum atomic E-state index is 12.5. The minimum Gasteiger partial charge on any atom is -0.478 e. The van der Waals surface area contributed by atoms with Gasteiger partial charge in [0, 0.05) is 19.5 Å². The Kier molecular flexibility index (Phi) is 5.80. The van der Waals surface area contributed by atoms with Crippen LogP contribution in [-0.2, 0) is 11.2 Å². The van der Waals surface area contributed by atoms with E-state index in [4.69, 9.17) is 0 Å². The van der Waals surface area contributed by atoms with Crippen LogP contribution in [0.15, 0.2) is 24.3 Å². The molecule has 0 radical (unpaired) electrons. The number of piperidine rings is 1. The number of likely N-dealkylation sites (tertiary alicyclic amines) is 1. The third kappa shape index (κ3) is 4.57. The van der Waals surface area contributed by atoms with Gasteiger partial charge in [-0.05, 0) is 42.7 Å². The Balaban J connectivity index is 1.96. The third-order valence-electron chi connectivity index (χ3n) is 4.84. The molecule has 1 aliphatic heterocycles. The van der Waals surface area contributed by atoms with Gasteiger partial charge in [-0.15, -0.1) is 0 Å². The number of hydrogen-bond donors (Lipinski definition) is 1. The fourth-order valence-electron chi connectivity index (χ4n) is 3.68. The van der Waals surface area contributed by atoms with Crippen molar-refractivity contribution in [2.75, 3.05) is 13.1 Å². The van der Waals surface area contributed by atoms with Crippen molar-refractivity contribution in [3.63, 3.8) is 0 Å². The Labute approximate surface area is 138 Å². The maximum absolute atomic E-state index is 12.5. The molecule has 23 heavy (non-hydrogen) atoms. The van der Waals surface area contributed by atoms with Crippen molar-refractivity contribution in [1.29, 1.82) is 0 Å². The lowest BCUT2D eigenvalue weighted by molar-refractivity contribution is -0.134. The van der Waals surface area contributed by atoms with Crippen LogP contribution in [0.3, 0.4) is 0 Å². The summed E-state index contributed by atoms with van der Waals surface area (Å²) in [7, 11) is 0. The van der Waals surface area contributed by atoms with Gasteiger partial charge < -0.3 is 10.0 Å². The summed E-state index contributed by atoms with van der Waals surface area (Å²) in [6.07, 6.45) is 5.42. The summed E-state index contributed by atoms with van der Waals surface area (Å²) >= 11 is 0. The number of carboxylic acid groups (broad SMARTS) is 1. The van der Waals surface area contributed by atoms with Crippen molar-refractivity contribution >= 4 is 11.9 Å². The summed E-state index contributed by atoms with van der Waals surface area (Å²) in [4.78, 5) is 25.7. The number of amides is 1. The van der Waals surface area contributed by atoms with E-state index in [1.165, 1.54) is 6.42 Å². The van der Waals surface area contributed by atoms with Crippen LogP contribution in [0.4, 0.5) is 0 Å². The zero-order valence-corrected chi connectivity index (χ0v) is 14.2. The molecule has 4 heteroatoms. The largest absolute Gasteiger partial charge is 0.478 e. The third-order valence-corrected chi connectivity index (χ3v) is 4.84. The van der Waals surface area contributed by atoms with Gasteiger partial charge in [-0.25, -0.2) is 4.79 Å². The Morgan fingerprint density at radius 3 is 2.74 bits per heavy atom. The zero-order chi connectivity index (χ0) is 16.9. The number of carbonyl (C=O) groups is 2. The molecule has 0 spiro atoms. The topological polar surface area (TPSA) is 57.6 Å². The highest BCUT2D eigenvalue weighted by Gasteiger charge is 2.32. The molecule has 1 atom stereocenters. The minimum atomic E-state index is -0.929.